The first-order chi connectivity index (χ1) is 11.9. The number of aromatic nitrogens is 2. The number of carbonyl (C=O) groups excluding carboxylic acids is 2. The van der Waals surface area contributed by atoms with E-state index in [2.05, 4.69) is 4.98 Å². The van der Waals surface area contributed by atoms with E-state index >= 15 is 0 Å². The van der Waals surface area contributed by atoms with Crippen LogP contribution in [0.1, 0.15) is 32.6 Å². The van der Waals surface area contributed by atoms with Gasteiger partial charge in [-0.15, -0.1) is 0 Å². The van der Waals surface area contributed by atoms with E-state index in [0.717, 1.165) is 12.8 Å². The van der Waals surface area contributed by atoms with Crippen LogP contribution >= 0.6 is 0 Å². The van der Waals surface area contributed by atoms with Gasteiger partial charge in [0.25, 0.3) is 0 Å². The zero-order valence-electron chi connectivity index (χ0n) is 14.4. The number of hydrogen-bond donors (Lipinski definition) is 1. The van der Waals surface area contributed by atoms with Crippen LogP contribution in [0.15, 0.2) is 18.7 Å². The van der Waals surface area contributed by atoms with Gasteiger partial charge >= 0.3 is 5.97 Å². The van der Waals surface area contributed by atoms with Crippen LogP contribution in [-0.2, 0) is 20.9 Å². The van der Waals surface area contributed by atoms with Crippen LogP contribution in [0.3, 0.4) is 0 Å². The van der Waals surface area contributed by atoms with Gasteiger partial charge in [0.05, 0.1) is 6.33 Å². The van der Waals surface area contributed by atoms with Crippen molar-refractivity contribution in [2.75, 3.05) is 19.6 Å². The largest absolute Gasteiger partial charge is 0.480 e. The maximum atomic E-state index is 12.4. The van der Waals surface area contributed by atoms with Gasteiger partial charge in [-0.2, -0.15) is 0 Å². The lowest BCUT2D eigenvalue weighted by atomic mass is 9.76. The minimum Gasteiger partial charge on any atom is -0.480 e. The Hall–Kier alpha value is -2.38. The van der Waals surface area contributed by atoms with E-state index in [9.17, 15) is 19.5 Å². The number of aryl methyl sites for hydroxylation is 1. The fourth-order valence-electron chi connectivity index (χ4n) is 4.00. The van der Waals surface area contributed by atoms with E-state index in [1.54, 1.807) is 12.5 Å². The van der Waals surface area contributed by atoms with E-state index in [4.69, 9.17) is 0 Å². The Morgan fingerprint density at radius 3 is 2.52 bits per heavy atom. The van der Waals surface area contributed by atoms with Crippen LogP contribution in [0, 0.1) is 5.41 Å². The van der Waals surface area contributed by atoms with Crippen LogP contribution < -0.4 is 0 Å². The Labute approximate surface area is 146 Å². The monoisotopic (exact) mass is 348 g/mol. The Morgan fingerprint density at radius 1 is 1.28 bits per heavy atom. The molecular formula is C17H24N4O4. The third-order valence-corrected chi connectivity index (χ3v) is 5.52. The lowest BCUT2D eigenvalue weighted by molar-refractivity contribution is -0.147. The summed E-state index contributed by atoms with van der Waals surface area (Å²) >= 11 is 0. The summed E-state index contributed by atoms with van der Waals surface area (Å²) in [5, 5.41) is 9.38. The molecule has 8 nitrogen and oxygen atoms in total. The first-order valence-electron chi connectivity index (χ1n) is 8.64. The number of piperidine rings is 1. The van der Waals surface area contributed by atoms with Gasteiger partial charge in [-0.05, 0) is 24.7 Å². The predicted molar refractivity (Wildman–Crippen MR) is 88.5 cm³/mol. The molecule has 3 heterocycles. The maximum Gasteiger partial charge on any atom is 0.326 e. The maximum absolute atomic E-state index is 12.4. The molecule has 0 aliphatic carbocycles. The summed E-state index contributed by atoms with van der Waals surface area (Å²) in [5.74, 6) is -1.02. The molecule has 1 aromatic rings. The summed E-state index contributed by atoms with van der Waals surface area (Å²) < 4.78 is 1.88. The quantitative estimate of drug-likeness (QED) is 0.859. The molecule has 8 heteroatoms. The van der Waals surface area contributed by atoms with Crippen molar-refractivity contribution >= 4 is 17.8 Å². The summed E-state index contributed by atoms with van der Waals surface area (Å²) in [7, 11) is 0. The molecule has 0 radical (unpaired) electrons. The van der Waals surface area contributed by atoms with E-state index in [1.807, 2.05) is 15.7 Å². The standard InChI is InChI=1S/C17H24N4O4/c1-13(22)21-11-17(10-14(21)16(24)25)3-7-20(8-4-17)15(23)2-6-19-9-5-18-12-19/h5,9,12,14H,2-4,6-8,10-11H2,1H3,(H,24,25). The van der Waals surface area contributed by atoms with Crippen molar-refractivity contribution in [2.24, 2.45) is 5.41 Å². The first kappa shape index (κ1) is 17.4. The molecule has 2 aliphatic heterocycles. The van der Waals surface area contributed by atoms with E-state index in [1.165, 1.54) is 11.8 Å². The number of aliphatic carboxylic acids is 1. The first-order valence-corrected chi connectivity index (χ1v) is 8.64. The number of likely N-dealkylation sites (tertiary alicyclic amines) is 2. The molecule has 2 saturated heterocycles. The zero-order chi connectivity index (χ0) is 18.0. The Kier molecular flexibility index (Phi) is 4.78. The average Bonchev–Trinajstić information content (AvgIpc) is 3.21. The molecule has 1 spiro atoms. The van der Waals surface area contributed by atoms with E-state index in [-0.39, 0.29) is 17.2 Å². The van der Waals surface area contributed by atoms with Crippen molar-refractivity contribution in [3.63, 3.8) is 0 Å². The minimum absolute atomic E-state index is 0.111. The summed E-state index contributed by atoms with van der Waals surface area (Å²) in [5.41, 5.74) is -0.171. The number of rotatable bonds is 4. The normalized spacial score (nSPS) is 22.4. The molecule has 2 fully saturated rings. The molecule has 0 bridgehead atoms. The Bertz CT molecular complexity index is 626. The second-order valence-corrected chi connectivity index (χ2v) is 7.14. The SMILES string of the molecule is CC(=O)N1CC2(CCN(C(=O)CCn3ccnc3)CC2)CC1C(=O)O. The van der Waals surface area contributed by atoms with E-state index < -0.39 is 12.0 Å². The molecule has 1 aromatic heterocycles. The number of carboxylic acid groups (broad SMARTS) is 1. The van der Waals surface area contributed by atoms with Gasteiger partial charge in [-0.1, -0.05) is 0 Å². The smallest absolute Gasteiger partial charge is 0.326 e. The van der Waals surface area contributed by atoms with Crippen molar-refractivity contribution in [1.29, 1.82) is 0 Å². The summed E-state index contributed by atoms with van der Waals surface area (Å²) in [4.78, 5) is 42.9. The van der Waals surface area contributed by atoms with Crippen LogP contribution in [0.25, 0.3) is 0 Å². The third-order valence-electron chi connectivity index (χ3n) is 5.52. The van der Waals surface area contributed by atoms with Crippen molar-refractivity contribution in [3.05, 3.63) is 18.7 Å². The number of carboxylic acids is 1. The minimum atomic E-state index is -0.939. The lowest BCUT2D eigenvalue weighted by Crippen LogP contribution is -2.44. The van der Waals surface area contributed by atoms with Gasteiger partial charge in [0, 0.05) is 51.9 Å². The molecule has 2 amide bonds. The molecule has 136 valence electrons. The van der Waals surface area contributed by atoms with Crippen LogP contribution in [0.5, 0.6) is 0 Å². The van der Waals surface area contributed by atoms with Gasteiger partial charge in [0.2, 0.25) is 11.8 Å². The molecule has 0 aromatic carbocycles. The van der Waals surface area contributed by atoms with Gasteiger partial charge < -0.3 is 19.5 Å². The van der Waals surface area contributed by atoms with Gasteiger partial charge in [-0.3, -0.25) is 9.59 Å². The number of amides is 2. The fourth-order valence-corrected chi connectivity index (χ4v) is 4.00. The molecule has 0 saturated carbocycles. The number of nitrogens with zero attached hydrogens (tertiary/aromatic N) is 4. The Balaban J connectivity index is 1.55. The Morgan fingerprint density at radius 2 is 2.00 bits per heavy atom. The molecule has 1 unspecified atom stereocenters. The number of hydrogen-bond acceptors (Lipinski definition) is 4. The summed E-state index contributed by atoms with van der Waals surface area (Å²) in [6, 6.07) is -0.735. The van der Waals surface area contributed by atoms with Crippen molar-refractivity contribution < 1.29 is 19.5 Å². The van der Waals surface area contributed by atoms with Crippen molar-refractivity contribution in [3.8, 4) is 0 Å². The molecule has 2 aliphatic rings. The van der Waals surface area contributed by atoms with Crippen molar-refractivity contribution in [2.45, 2.75) is 45.2 Å². The molecular weight excluding hydrogens is 324 g/mol. The highest BCUT2D eigenvalue weighted by molar-refractivity contribution is 5.83. The van der Waals surface area contributed by atoms with Crippen LogP contribution in [0.2, 0.25) is 0 Å². The predicted octanol–water partition coefficient (Wildman–Crippen LogP) is 0.587. The highest BCUT2D eigenvalue weighted by Gasteiger charge is 2.49. The molecule has 1 atom stereocenters. The number of imidazole rings is 1. The zero-order valence-corrected chi connectivity index (χ0v) is 14.4. The second-order valence-electron chi connectivity index (χ2n) is 7.14. The van der Waals surface area contributed by atoms with E-state index in [0.29, 0.717) is 39.0 Å². The van der Waals surface area contributed by atoms with Gasteiger partial charge in [0.15, 0.2) is 0 Å². The lowest BCUT2D eigenvalue weighted by Gasteiger charge is -2.39. The third kappa shape index (κ3) is 3.67. The summed E-state index contributed by atoms with van der Waals surface area (Å²) in [6.07, 6.45) is 7.63. The average molecular weight is 348 g/mol. The summed E-state index contributed by atoms with van der Waals surface area (Å²) in [6.45, 7) is 3.77. The van der Waals surface area contributed by atoms with Gasteiger partial charge in [-0.25, -0.2) is 9.78 Å². The molecule has 25 heavy (non-hydrogen) atoms. The van der Waals surface area contributed by atoms with Crippen LogP contribution in [-0.4, -0.2) is 67.9 Å². The topological polar surface area (TPSA) is 95.7 Å². The van der Waals surface area contributed by atoms with Crippen LogP contribution in [0.4, 0.5) is 0 Å². The van der Waals surface area contributed by atoms with Gasteiger partial charge in [0.1, 0.15) is 6.04 Å². The number of carbonyl (C=O) groups is 3. The van der Waals surface area contributed by atoms with Crippen molar-refractivity contribution in [1.82, 2.24) is 19.4 Å². The second kappa shape index (κ2) is 6.85. The highest BCUT2D eigenvalue weighted by atomic mass is 16.4. The highest BCUT2D eigenvalue weighted by Crippen LogP contribution is 2.43. The molecule has 1 N–H and O–H groups in total. The molecule has 3 rings (SSSR count). The fraction of sp³-hybridized carbons (Fsp3) is 0.647.